The summed E-state index contributed by atoms with van der Waals surface area (Å²) in [4.78, 5) is 8.06. The Morgan fingerprint density at radius 2 is 1.61 bits per heavy atom. The molecule has 2 aliphatic heterocycles. The van der Waals surface area contributed by atoms with Crippen LogP contribution in [0.1, 0.15) is 29.2 Å². The van der Waals surface area contributed by atoms with E-state index in [1.165, 1.54) is 45.9 Å². The van der Waals surface area contributed by atoms with E-state index in [4.69, 9.17) is 11.6 Å². The van der Waals surface area contributed by atoms with Gasteiger partial charge in [-0.25, -0.2) is 0 Å². The third-order valence-electron chi connectivity index (χ3n) is 6.57. The normalized spacial score (nSPS) is 19.5. The van der Waals surface area contributed by atoms with Gasteiger partial charge in [-0.3, -0.25) is 4.90 Å². The smallest absolute Gasteiger partial charge is 0.0410 e. The summed E-state index contributed by atoms with van der Waals surface area (Å²) in [6, 6.07) is 26.6. The minimum atomic E-state index is 0.399. The number of piperazine rings is 1. The Morgan fingerprint density at radius 3 is 2.45 bits per heavy atom. The molecular weight excluding hydrogens is 420 g/mol. The van der Waals surface area contributed by atoms with Gasteiger partial charge >= 0.3 is 0 Å². The van der Waals surface area contributed by atoms with Crippen molar-refractivity contribution in [1.82, 2.24) is 9.80 Å². The van der Waals surface area contributed by atoms with Gasteiger partial charge in [-0.15, -0.1) is 0 Å². The van der Waals surface area contributed by atoms with E-state index in [1.54, 1.807) is 0 Å². The number of nitrogens with zero attached hydrogens (tertiary/aromatic N) is 2. The van der Waals surface area contributed by atoms with Crippen LogP contribution in [0.15, 0.2) is 82.6 Å². The van der Waals surface area contributed by atoms with Crippen molar-refractivity contribution in [1.29, 1.82) is 0 Å². The van der Waals surface area contributed by atoms with Gasteiger partial charge in [0.1, 0.15) is 0 Å². The predicted molar refractivity (Wildman–Crippen MR) is 131 cm³/mol. The average Bonchev–Trinajstić information content (AvgIpc) is 2.97. The first-order valence-corrected chi connectivity index (χ1v) is 12.5. The monoisotopic (exact) mass is 448 g/mol. The Labute approximate surface area is 195 Å². The molecule has 0 aromatic heterocycles. The first kappa shape index (κ1) is 21.1. The summed E-state index contributed by atoms with van der Waals surface area (Å²) in [6.07, 6.45) is 3.46. The highest BCUT2D eigenvalue weighted by Crippen LogP contribution is 2.43. The van der Waals surface area contributed by atoms with Gasteiger partial charge in [0.05, 0.1) is 0 Å². The van der Waals surface area contributed by atoms with Crippen LogP contribution in [0, 0.1) is 0 Å². The molecule has 0 amide bonds. The van der Waals surface area contributed by atoms with Crippen molar-refractivity contribution < 1.29 is 0 Å². The van der Waals surface area contributed by atoms with Gasteiger partial charge in [-0.1, -0.05) is 71.9 Å². The second kappa shape index (κ2) is 9.79. The third kappa shape index (κ3) is 5.01. The number of hydrogen-bond donors (Lipinski definition) is 0. The zero-order valence-electron chi connectivity index (χ0n) is 17.8. The molecule has 2 heterocycles. The van der Waals surface area contributed by atoms with E-state index in [9.17, 15) is 0 Å². The second-order valence-electron chi connectivity index (χ2n) is 8.58. The maximum Gasteiger partial charge on any atom is 0.0410 e. The molecule has 2 nitrogen and oxygen atoms in total. The predicted octanol–water partition coefficient (Wildman–Crippen LogP) is 6.34. The molecule has 31 heavy (non-hydrogen) atoms. The van der Waals surface area contributed by atoms with Crippen molar-refractivity contribution in [2.75, 3.05) is 32.7 Å². The topological polar surface area (TPSA) is 6.48 Å². The molecule has 4 heteroatoms. The molecule has 0 bridgehead atoms. The van der Waals surface area contributed by atoms with E-state index in [-0.39, 0.29) is 0 Å². The molecule has 0 N–H and O–H groups in total. The fourth-order valence-corrected chi connectivity index (χ4v) is 6.15. The molecule has 1 saturated heterocycles. The lowest BCUT2D eigenvalue weighted by Gasteiger charge is -2.39. The highest BCUT2D eigenvalue weighted by atomic mass is 35.5. The molecule has 1 atom stereocenters. The lowest BCUT2D eigenvalue weighted by Crippen LogP contribution is -2.48. The summed E-state index contributed by atoms with van der Waals surface area (Å²) in [5, 5.41) is 0.842. The molecule has 0 radical (unpaired) electrons. The van der Waals surface area contributed by atoms with E-state index in [2.05, 4.69) is 76.5 Å². The van der Waals surface area contributed by atoms with Gasteiger partial charge in [-0.2, -0.15) is 0 Å². The first-order valence-electron chi connectivity index (χ1n) is 11.3. The van der Waals surface area contributed by atoms with Crippen LogP contribution < -0.4 is 0 Å². The molecular formula is C27H29ClN2S. The van der Waals surface area contributed by atoms with Crippen molar-refractivity contribution in [2.45, 2.75) is 35.1 Å². The van der Waals surface area contributed by atoms with Crippen molar-refractivity contribution in [2.24, 2.45) is 0 Å². The largest absolute Gasteiger partial charge is 0.301 e. The van der Waals surface area contributed by atoms with Crippen LogP contribution in [0.3, 0.4) is 0 Å². The lowest BCUT2D eigenvalue weighted by molar-refractivity contribution is 0.0937. The van der Waals surface area contributed by atoms with Gasteiger partial charge in [0, 0.05) is 47.0 Å². The summed E-state index contributed by atoms with van der Waals surface area (Å²) in [7, 11) is 0. The van der Waals surface area contributed by atoms with Crippen LogP contribution >= 0.6 is 23.4 Å². The van der Waals surface area contributed by atoms with Crippen molar-refractivity contribution >= 4 is 23.4 Å². The quantitative estimate of drug-likeness (QED) is 0.449. The van der Waals surface area contributed by atoms with Gasteiger partial charge in [0.25, 0.3) is 0 Å². The Hall–Kier alpha value is -1.78. The summed E-state index contributed by atoms with van der Waals surface area (Å²) < 4.78 is 0. The number of hydrogen-bond acceptors (Lipinski definition) is 3. The highest BCUT2D eigenvalue weighted by molar-refractivity contribution is 7.99. The van der Waals surface area contributed by atoms with E-state index in [0.717, 1.165) is 37.6 Å². The molecule has 0 spiro atoms. The molecule has 3 aromatic rings. The van der Waals surface area contributed by atoms with E-state index in [0.29, 0.717) is 6.04 Å². The Kier molecular flexibility index (Phi) is 6.66. The molecule has 1 fully saturated rings. The van der Waals surface area contributed by atoms with Crippen LogP contribution in [-0.2, 0) is 12.8 Å². The van der Waals surface area contributed by atoms with Crippen LogP contribution in [0.2, 0.25) is 5.02 Å². The maximum absolute atomic E-state index is 6.44. The number of aryl methyl sites for hydroxylation is 1. The van der Waals surface area contributed by atoms with Gasteiger partial charge in [0.15, 0.2) is 0 Å². The van der Waals surface area contributed by atoms with Crippen LogP contribution in [0.4, 0.5) is 0 Å². The zero-order valence-corrected chi connectivity index (χ0v) is 19.4. The fourth-order valence-electron chi connectivity index (χ4n) is 4.86. The molecule has 0 unspecified atom stereocenters. The second-order valence-corrected chi connectivity index (χ2v) is 10.1. The van der Waals surface area contributed by atoms with Crippen molar-refractivity contribution in [3.63, 3.8) is 0 Å². The van der Waals surface area contributed by atoms with Crippen molar-refractivity contribution in [3.8, 4) is 0 Å². The molecule has 0 aliphatic carbocycles. The maximum atomic E-state index is 6.44. The van der Waals surface area contributed by atoms with Crippen LogP contribution in [0.25, 0.3) is 0 Å². The Bertz CT molecular complexity index is 1010. The molecule has 5 rings (SSSR count). The van der Waals surface area contributed by atoms with Gasteiger partial charge in [0.2, 0.25) is 0 Å². The highest BCUT2D eigenvalue weighted by Gasteiger charge is 2.30. The van der Waals surface area contributed by atoms with E-state index >= 15 is 0 Å². The number of rotatable bonds is 5. The van der Waals surface area contributed by atoms with Gasteiger partial charge < -0.3 is 4.90 Å². The SMILES string of the molecule is Clc1ccc2c(c1)[C@@H](N1CCN(CCCc3ccccc3)CC1)Cc1ccccc1S2. The minimum absolute atomic E-state index is 0.399. The number of benzene rings is 3. The summed E-state index contributed by atoms with van der Waals surface area (Å²) in [5.41, 5.74) is 4.30. The number of halogens is 1. The summed E-state index contributed by atoms with van der Waals surface area (Å²) >= 11 is 8.33. The summed E-state index contributed by atoms with van der Waals surface area (Å²) in [6.45, 7) is 5.73. The van der Waals surface area contributed by atoms with Crippen LogP contribution in [0.5, 0.6) is 0 Å². The Balaban J connectivity index is 1.25. The lowest BCUT2D eigenvalue weighted by atomic mass is 9.96. The zero-order chi connectivity index (χ0) is 21.0. The first-order chi connectivity index (χ1) is 15.3. The third-order valence-corrected chi connectivity index (χ3v) is 8.01. The molecule has 0 saturated carbocycles. The summed E-state index contributed by atoms with van der Waals surface area (Å²) in [5.74, 6) is 0. The van der Waals surface area contributed by atoms with E-state index in [1.807, 2.05) is 17.8 Å². The van der Waals surface area contributed by atoms with Crippen LogP contribution in [-0.4, -0.2) is 42.5 Å². The van der Waals surface area contributed by atoms with E-state index < -0.39 is 0 Å². The molecule has 3 aromatic carbocycles. The molecule has 160 valence electrons. The standard InChI is InChI=1S/C27H29ClN2S/c28-23-12-13-27-24(20-23)25(19-22-10-4-5-11-26(22)31-27)30-17-15-29(16-18-30)14-6-9-21-7-2-1-3-8-21/h1-5,7-8,10-13,20,25H,6,9,14-19H2/t25-/m0/s1. The average molecular weight is 449 g/mol. The van der Waals surface area contributed by atoms with Gasteiger partial charge in [-0.05, 0) is 66.8 Å². The Morgan fingerprint density at radius 1 is 0.839 bits per heavy atom. The number of fused-ring (bicyclic) bond motifs is 2. The molecule has 2 aliphatic rings. The minimum Gasteiger partial charge on any atom is -0.301 e. The fraction of sp³-hybridized carbons (Fsp3) is 0.333. The van der Waals surface area contributed by atoms with Crippen molar-refractivity contribution in [3.05, 3.63) is 94.5 Å².